The lowest BCUT2D eigenvalue weighted by atomic mass is 9.70. The number of aliphatic hydroxyl groups excluding tert-OH is 1. The first kappa shape index (κ1) is 25.1. The normalized spacial score (nSPS) is 29.2. The molecule has 5 rings (SSSR count). The van der Waals surface area contributed by atoms with Crippen molar-refractivity contribution >= 4 is 46.8 Å². The van der Waals surface area contributed by atoms with Crippen molar-refractivity contribution < 1.29 is 19.5 Å². The van der Waals surface area contributed by atoms with Crippen molar-refractivity contribution in [3.05, 3.63) is 65.2 Å². The predicted molar refractivity (Wildman–Crippen MR) is 140 cm³/mol. The lowest BCUT2D eigenvalue weighted by molar-refractivity contribution is -0.142. The van der Waals surface area contributed by atoms with Crippen LogP contribution in [0.15, 0.2) is 54.6 Å². The van der Waals surface area contributed by atoms with E-state index in [0.717, 1.165) is 12.0 Å². The molecule has 190 valence electrons. The van der Waals surface area contributed by atoms with Crippen molar-refractivity contribution in [3.63, 3.8) is 0 Å². The van der Waals surface area contributed by atoms with E-state index >= 15 is 0 Å². The molecule has 36 heavy (non-hydrogen) atoms. The number of rotatable bonds is 8. The second-order valence-electron chi connectivity index (χ2n) is 9.72. The molecule has 2 aromatic rings. The fraction of sp³-hybridized carbons (Fsp3) is 0.444. The van der Waals surface area contributed by atoms with Gasteiger partial charge in [0.1, 0.15) is 6.04 Å². The average molecular weight is 528 g/mol. The van der Waals surface area contributed by atoms with Gasteiger partial charge in [-0.25, -0.2) is 0 Å². The Morgan fingerprint density at radius 2 is 1.89 bits per heavy atom. The van der Waals surface area contributed by atoms with Crippen LogP contribution < -0.4 is 10.6 Å². The van der Waals surface area contributed by atoms with E-state index in [0.29, 0.717) is 30.1 Å². The van der Waals surface area contributed by atoms with Crippen molar-refractivity contribution in [2.75, 3.05) is 11.9 Å². The van der Waals surface area contributed by atoms with E-state index in [9.17, 15) is 19.5 Å². The maximum Gasteiger partial charge on any atom is 0.248 e. The summed E-state index contributed by atoms with van der Waals surface area (Å²) in [6, 6.07) is 15.3. The Labute approximate surface area is 220 Å². The molecule has 0 aromatic heterocycles. The molecular weight excluding hydrogens is 498 g/mol. The Morgan fingerprint density at radius 3 is 2.58 bits per heavy atom. The van der Waals surface area contributed by atoms with Gasteiger partial charge in [0.2, 0.25) is 17.7 Å². The van der Waals surface area contributed by atoms with Crippen LogP contribution in [0.3, 0.4) is 0 Å². The van der Waals surface area contributed by atoms with E-state index in [4.69, 9.17) is 11.6 Å². The molecule has 0 radical (unpaired) electrons. The average Bonchev–Trinajstić information content (AvgIpc) is 3.53. The molecule has 9 heteroatoms. The van der Waals surface area contributed by atoms with Gasteiger partial charge < -0.3 is 20.6 Å². The molecule has 3 fully saturated rings. The Balaban J connectivity index is 1.46. The minimum atomic E-state index is -0.801. The molecule has 0 saturated carbocycles. The lowest BCUT2D eigenvalue weighted by Gasteiger charge is -2.36. The van der Waals surface area contributed by atoms with Crippen LogP contribution in [-0.2, 0) is 20.9 Å². The van der Waals surface area contributed by atoms with E-state index in [1.165, 1.54) is 0 Å². The molecule has 3 N–H and O–H groups in total. The molecule has 6 atom stereocenters. The number of halogens is 1. The number of amides is 3. The number of anilines is 1. The zero-order chi connectivity index (χ0) is 25.4. The van der Waals surface area contributed by atoms with Gasteiger partial charge in [0.05, 0.1) is 39.9 Å². The summed E-state index contributed by atoms with van der Waals surface area (Å²) in [5.41, 5.74) is 1.46. The van der Waals surface area contributed by atoms with Crippen molar-refractivity contribution in [1.82, 2.24) is 10.2 Å². The van der Waals surface area contributed by atoms with E-state index in [1.807, 2.05) is 37.3 Å². The maximum absolute atomic E-state index is 14.0. The quantitative estimate of drug-likeness (QED) is 0.488. The van der Waals surface area contributed by atoms with Crippen LogP contribution in [0.4, 0.5) is 5.69 Å². The third-order valence-corrected chi connectivity index (χ3v) is 10.1. The number of hydrogen-bond acceptors (Lipinski definition) is 5. The maximum atomic E-state index is 14.0. The number of para-hydroxylation sites is 1. The highest BCUT2D eigenvalue weighted by Gasteiger charge is 2.74. The molecule has 1 spiro atoms. The van der Waals surface area contributed by atoms with Gasteiger partial charge in [-0.1, -0.05) is 61.0 Å². The van der Waals surface area contributed by atoms with Crippen molar-refractivity contribution in [2.45, 2.75) is 54.8 Å². The number of aliphatic hydroxyl groups is 1. The summed E-state index contributed by atoms with van der Waals surface area (Å²) in [6.07, 6.45) is 1.93. The van der Waals surface area contributed by atoms with Crippen LogP contribution >= 0.6 is 23.4 Å². The first-order valence-electron chi connectivity index (χ1n) is 12.4. The topological polar surface area (TPSA) is 98.7 Å². The number of benzene rings is 2. The third-order valence-electron chi connectivity index (χ3n) is 7.81. The van der Waals surface area contributed by atoms with Crippen LogP contribution in [0.1, 0.15) is 31.7 Å². The number of fused-ring (bicyclic) bond motifs is 1. The Kier molecular flexibility index (Phi) is 7.03. The van der Waals surface area contributed by atoms with E-state index in [2.05, 4.69) is 10.6 Å². The summed E-state index contributed by atoms with van der Waals surface area (Å²) in [5, 5.41) is 16.5. The summed E-state index contributed by atoms with van der Waals surface area (Å²) in [4.78, 5) is 42.8. The van der Waals surface area contributed by atoms with E-state index < -0.39 is 28.7 Å². The van der Waals surface area contributed by atoms with Crippen LogP contribution in [0.25, 0.3) is 0 Å². The number of nitrogens with zero attached hydrogens (tertiary/aromatic N) is 1. The smallest absolute Gasteiger partial charge is 0.248 e. The molecular formula is C27H30ClN3O4S. The SMILES string of the molecule is CC[C@@H](CO)N1C(=O)[C@@H]2[C@H](C(=O)NCc3ccccc3)[C@@H]3CCC2(S3)C1C(=O)Nc1ccccc1Cl. The van der Waals surface area contributed by atoms with E-state index in [1.54, 1.807) is 40.9 Å². The van der Waals surface area contributed by atoms with Crippen molar-refractivity contribution in [3.8, 4) is 0 Å². The third kappa shape index (κ3) is 4.09. The number of carbonyl (C=O) groups is 3. The number of nitrogens with one attached hydrogen (secondary N) is 2. The minimum Gasteiger partial charge on any atom is -0.394 e. The summed E-state index contributed by atoms with van der Waals surface area (Å²) in [5.74, 6) is -1.83. The monoisotopic (exact) mass is 527 g/mol. The van der Waals surface area contributed by atoms with Gasteiger partial charge in [0, 0.05) is 11.8 Å². The zero-order valence-electron chi connectivity index (χ0n) is 20.0. The zero-order valence-corrected chi connectivity index (χ0v) is 21.6. The Bertz CT molecular complexity index is 1160. The fourth-order valence-electron chi connectivity index (χ4n) is 6.16. The van der Waals surface area contributed by atoms with Gasteiger partial charge in [-0.15, -0.1) is 11.8 Å². The summed E-state index contributed by atoms with van der Waals surface area (Å²) in [7, 11) is 0. The summed E-state index contributed by atoms with van der Waals surface area (Å²) >= 11 is 7.91. The Morgan fingerprint density at radius 1 is 1.17 bits per heavy atom. The van der Waals surface area contributed by atoms with Crippen LogP contribution in [-0.4, -0.2) is 56.4 Å². The first-order chi connectivity index (χ1) is 17.4. The number of thioether (sulfide) groups is 1. The minimum absolute atomic E-state index is 0.0262. The van der Waals surface area contributed by atoms with Crippen molar-refractivity contribution in [2.24, 2.45) is 11.8 Å². The largest absolute Gasteiger partial charge is 0.394 e. The highest BCUT2D eigenvalue weighted by atomic mass is 35.5. The lowest BCUT2D eigenvalue weighted by Crippen LogP contribution is -2.54. The van der Waals surface area contributed by atoms with Crippen LogP contribution in [0.2, 0.25) is 5.02 Å². The van der Waals surface area contributed by atoms with Crippen molar-refractivity contribution in [1.29, 1.82) is 0 Å². The molecule has 3 heterocycles. The number of likely N-dealkylation sites (tertiary alicyclic amines) is 1. The molecule has 3 saturated heterocycles. The molecule has 2 aromatic carbocycles. The second kappa shape index (κ2) is 10.1. The standard InChI is InChI=1S/C27H30ClN3O4S/c1-2-17(15-32)31-23(25(34)30-19-11-7-6-10-18(19)28)27-13-12-20(36-27)21(22(27)26(31)35)24(33)29-14-16-8-4-3-5-9-16/h3-11,17,20-23,32H,2,12-15H2,1H3,(H,29,33)(H,30,34)/t17-,20-,21+,22-,23?,27?/m0/s1. The molecule has 3 aliphatic heterocycles. The van der Waals surface area contributed by atoms with Crippen LogP contribution in [0, 0.1) is 11.8 Å². The molecule has 3 amide bonds. The van der Waals surface area contributed by atoms with Gasteiger partial charge in [-0.05, 0) is 37.0 Å². The van der Waals surface area contributed by atoms with Gasteiger partial charge in [0.25, 0.3) is 0 Å². The van der Waals surface area contributed by atoms with Crippen LogP contribution in [0.5, 0.6) is 0 Å². The molecule has 0 aliphatic carbocycles. The van der Waals surface area contributed by atoms with Gasteiger partial charge in [-0.3, -0.25) is 14.4 Å². The highest BCUT2D eigenvalue weighted by Crippen LogP contribution is 2.66. The second-order valence-corrected chi connectivity index (χ2v) is 11.7. The summed E-state index contributed by atoms with van der Waals surface area (Å²) < 4.78 is -0.718. The number of carbonyl (C=O) groups excluding carboxylic acids is 3. The van der Waals surface area contributed by atoms with E-state index in [-0.39, 0.29) is 29.6 Å². The molecule has 7 nitrogen and oxygen atoms in total. The fourth-order valence-corrected chi connectivity index (χ4v) is 8.55. The molecule has 3 aliphatic rings. The molecule has 2 bridgehead atoms. The Hall–Kier alpha value is -2.55. The first-order valence-corrected chi connectivity index (χ1v) is 13.6. The predicted octanol–water partition coefficient (Wildman–Crippen LogP) is 3.46. The number of hydrogen-bond donors (Lipinski definition) is 3. The summed E-state index contributed by atoms with van der Waals surface area (Å²) in [6.45, 7) is 2.02. The molecule has 2 unspecified atom stereocenters. The highest BCUT2D eigenvalue weighted by molar-refractivity contribution is 8.02. The van der Waals surface area contributed by atoms with Gasteiger partial charge in [-0.2, -0.15) is 0 Å². The van der Waals surface area contributed by atoms with Gasteiger partial charge in [0.15, 0.2) is 0 Å². The van der Waals surface area contributed by atoms with Gasteiger partial charge >= 0.3 is 0 Å².